The molecule has 6 nitrogen and oxygen atoms in total. The summed E-state index contributed by atoms with van der Waals surface area (Å²) in [4.78, 5) is 11.1. The molecule has 2 unspecified atom stereocenters. The van der Waals surface area contributed by atoms with Gasteiger partial charge in [0.15, 0.2) is 0 Å². The molecule has 110 valence electrons. The Morgan fingerprint density at radius 3 is 2.79 bits per heavy atom. The van der Waals surface area contributed by atoms with E-state index in [4.69, 9.17) is 5.11 Å². The van der Waals surface area contributed by atoms with Crippen LogP contribution in [0.3, 0.4) is 0 Å². The number of hydrogen-bond acceptors (Lipinski definition) is 4. The molecule has 0 aromatic carbocycles. The standard InChI is InChI=1S/C11H20N2O4S2/c14-11(15)10-3-1-2-5-13(10)19(16,17)12-7-9-4-6-18-8-9/h9-10,12H,1-8H2,(H,14,15). The van der Waals surface area contributed by atoms with Gasteiger partial charge in [0.1, 0.15) is 6.04 Å². The molecule has 0 saturated carbocycles. The smallest absolute Gasteiger partial charge is 0.322 e. The topological polar surface area (TPSA) is 86.7 Å². The quantitative estimate of drug-likeness (QED) is 0.773. The first-order valence-electron chi connectivity index (χ1n) is 6.57. The second-order valence-corrected chi connectivity index (χ2v) is 7.90. The number of carboxylic acids is 1. The molecule has 0 aliphatic carbocycles. The van der Waals surface area contributed by atoms with Gasteiger partial charge in [-0.3, -0.25) is 4.79 Å². The summed E-state index contributed by atoms with van der Waals surface area (Å²) in [5.74, 6) is 1.37. The van der Waals surface area contributed by atoms with Crippen LogP contribution in [0.2, 0.25) is 0 Å². The highest BCUT2D eigenvalue weighted by atomic mass is 32.2. The van der Waals surface area contributed by atoms with Crippen LogP contribution in [-0.2, 0) is 15.0 Å². The van der Waals surface area contributed by atoms with E-state index in [0.717, 1.165) is 35.1 Å². The first kappa shape index (κ1) is 15.1. The maximum Gasteiger partial charge on any atom is 0.322 e. The molecule has 2 aliphatic rings. The summed E-state index contributed by atoms with van der Waals surface area (Å²) < 4.78 is 28.1. The number of carboxylic acid groups (broad SMARTS) is 1. The van der Waals surface area contributed by atoms with Gasteiger partial charge < -0.3 is 5.11 Å². The van der Waals surface area contributed by atoms with E-state index in [1.807, 2.05) is 11.8 Å². The Balaban J connectivity index is 1.97. The molecule has 19 heavy (non-hydrogen) atoms. The fraction of sp³-hybridized carbons (Fsp3) is 0.909. The summed E-state index contributed by atoms with van der Waals surface area (Å²) in [5.41, 5.74) is 0. The van der Waals surface area contributed by atoms with Gasteiger partial charge in [-0.2, -0.15) is 24.5 Å². The van der Waals surface area contributed by atoms with Crippen molar-refractivity contribution in [3.05, 3.63) is 0 Å². The predicted molar refractivity (Wildman–Crippen MR) is 74.3 cm³/mol. The van der Waals surface area contributed by atoms with E-state index in [9.17, 15) is 13.2 Å². The van der Waals surface area contributed by atoms with E-state index in [2.05, 4.69) is 4.72 Å². The lowest BCUT2D eigenvalue weighted by Crippen LogP contribution is -2.52. The van der Waals surface area contributed by atoms with Crippen molar-refractivity contribution in [2.75, 3.05) is 24.6 Å². The van der Waals surface area contributed by atoms with Crippen LogP contribution < -0.4 is 4.72 Å². The molecule has 0 aromatic heterocycles. The Morgan fingerprint density at radius 1 is 1.37 bits per heavy atom. The normalized spacial score (nSPS) is 29.5. The number of carbonyl (C=O) groups is 1. The molecule has 0 bridgehead atoms. The summed E-state index contributed by atoms with van der Waals surface area (Å²) in [6, 6.07) is -0.913. The monoisotopic (exact) mass is 308 g/mol. The Labute approximate surface area is 118 Å². The Bertz CT molecular complexity index is 420. The van der Waals surface area contributed by atoms with E-state index in [1.54, 1.807) is 0 Å². The third-order valence-corrected chi connectivity index (χ3v) is 6.44. The molecule has 0 radical (unpaired) electrons. The van der Waals surface area contributed by atoms with Crippen LogP contribution in [0.4, 0.5) is 0 Å². The Hall–Kier alpha value is -0.310. The summed E-state index contributed by atoms with van der Waals surface area (Å²) >= 11 is 1.83. The predicted octanol–water partition coefficient (Wildman–Crippen LogP) is 0.513. The lowest BCUT2D eigenvalue weighted by molar-refractivity contribution is -0.142. The molecule has 0 amide bonds. The van der Waals surface area contributed by atoms with Crippen molar-refractivity contribution in [1.82, 2.24) is 9.03 Å². The number of hydrogen-bond donors (Lipinski definition) is 2. The molecule has 2 saturated heterocycles. The maximum atomic E-state index is 12.2. The van der Waals surface area contributed by atoms with Crippen LogP contribution in [0.25, 0.3) is 0 Å². The highest BCUT2D eigenvalue weighted by Crippen LogP contribution is 2.24. The Kier molecular flexibility index (Phi) is 5.10. The minimum atomic E-state index is -3.67. The van der Waals surface area contributed by atoms with E-state index >= 15 is 0 Å². The van der Waals surface area contributed by atoms with Crippen molar-refractivity contribution >= 4 is 27.9 Å². The number of piperidine rings is 1. The molecule has 8 heteroatoms. The summed E-state index contributed by atoms with van der Waals surface area (Å²) in [5, 5.41) is 9.11. The lowest BCUT2D eigenvalue weighted by atomic mass is 10.1. The molecule has 2 rings (SSSR count). The van der Waals surface area contributed by atoms with Crippen LogP contribution in [0.15, 0.2) is 0 Å². The number of nitrogens with one attached hydrogen (secondary N) is 1. The Morgan fingerprint density at radius 2 is 2.16 bits per heavy atom. The largest absolute Gasteiger partial charge is 0.480 e. The zero-order valence-corrected chi connectivity index (χ0v) is 12.4. The molecule has 2 N–H and O–H groups in total. The van der Waals surface area contributed by atoms with Crippen LogP contribution in [-0.4, -0.2) is 54.4 Å². The van der Waals surface area contributed by atoms with Crippen molar-refractivity contribution in [3.8, 4) is 0 Å². The highest BCUT2D eigenvalue weighted by Gasteiger charge is 2.36. The van der Waals surface area contributed by atoms with Crippen LogP contribution >= 0.6 is 11.8 Å². The van der Waals surface area contributed by atoms with Gasteiger partial charge in [-0.05, 0) is 43.1 Å². The molecule has 0 aromatic rings. The number of aliphatic carboxylic acids is 1. The maximum absolute atomic E-state index is 12.2. The van der Waals surface area contributed by atoms with Gasteiger partial charge in [-0.15, -0.1) is 0 Å². The van der Waals surface area contributed by atoms with Crippen LogP contribution in [0.1, 0.15) is 25.7 Å². The third kappa shape index (κ3) is 3.84. The van der Waals surface area contributed by atoms with Gasteiger partial charge >= 0.3 is 5.97 Å². The molecule has 2 aliphatic heterocycles. The molecular formula is C11H20N2O4S2. The average molecular weight is 308 g/mol. The number of rotatable bonds is 5. The van der Waals surface area contributed by atoms with E-state index < -0.39 is 22.2 Å². The molecule has 0 spiro atoms. The van der Waals surface area contributed by atoms with E-state index in [1.165, 1.54) is 0 Å². The molecular weight excluding hydrogens is 288 g/mol. The first-order chi connectivity index (χ1) is 9.00. The molecule has 2 fully saturated rings. The summed E-state index contributed by atoms with van der Waals surface area (Å²) in [6.45, 7) is 0.712. The van der Waals surface area contributed by atoms with Crippen molar-refractivity contribution in [3.63, 3.8) is 0 Å². The van der Waals surface area contributed by atoms with Gasteiger partial charge in [0.05, 0.1) is 0 Å². The van der Waals surface area contributed by atoms with Gasteiger partial charge in [-0.25, -0.2) is 4.72 Å². The van der Waals surface area contributed by atoms with Crippen molar-refractivity contribution in [2.24, 2.45) is 5.92 Å². The molecule has 2 heterocycles. The second-order valence-electron chi connectivity index (χ2n) is 5.04. The van der Waals surface area contributed by atoms with Gasteiger partial charge in [-0.1, -0.05) is 0 Å². The molecule has 2 atom stereocenters. The zero-order valence-electron chi connectivity index (χ0n) is 10.7. The number of nitrogens with zero attached hydrogens (tertiary/aromatic N) is 1. The fourth-order valence-electron chi connectivity index (χ4n) is 2.49. The van der Waals surface area contributed by atoms with Crippen LogP contribution in [0, 0.1) is 5.92 Å². The first-order valence-corrected chi connectivity index (χ1v) is 9.17. The SMILES string of the molecule is O=C(O)C1CCCCN1S(=O)(=O)NCC1CCSC1. The number of thioether (sulfide) groups is 1. The van der Waals surface area contributed by atoms with Gasteiger partial charge in [0.25, 0.3) is 10.2 Å². The second kappa shape index (κ2) is 6.43. The van der Waals surface area contributed by atoms with Crippen LogP contribution in [0.5, 0.6) is 0 Å². The van der Waals surface area contributed by atoms with Crippen molar-refractivity contribution in [1.29, 1.82) is 0 Å². The third-order valence-electron chi connectivity index (χ3n) is 3.63. The zero-order chi connectivity index (χ0) is 13.9. The van der Waals surface area contributed by atoms with E-state index in [0.29, 0.717) is 25.4 Å². The van der Waals surface area contributed by atoms with Gasteiger partial charge in [0, 0.05) is 13.1 Å². The fourth-order valence-corrected chi connectivity index (χ4v) is 5.29. The summed E-state index contributed by atoms with van der Waals surface area (Å²) in [7, 11) is -3.67. The average Bonchev–Trinajstić information content (AvgIpc) is 2.89. The minimum absolute atomic E-state index is 0.297. The van der Waals surface area contributed by atoms with Crippen molar-refractivity contribution < 1.29 is 18.3 Å². The highest BCUT2D eigenvalue weighted by molar-refractivity contribution is 7.99. The summed E-state index contributed by atoms with van der Waals surface area (Å²) in [6.07, 6.45) is 2.91. The minimum Gasteiger partial charge on any atom is -0.480 e. The van der Waals surface area contributed by atoms with E-state index in [-0.39, 0.29) is 0 Å². The lowest BCUT2D eigenvalue weighted by Gasteiger charge is -2.32. The van der Waals surface area contributed by atoms with Gasteiger partial charge in [0.2, 0.25) is 0 Å². The van der Waals surface area contributed by atoms with Crippen molar-refractivity contribution in [2.45, 2.75) is 31.7 Å².